The lowest BCUT2D eigenvalue weighted by atomic mass is 9.96. The molecule has 0 N–H and O–H groups in total. The van der Waals surface area contributed by atoms with Gasteiger partial charge < -0.3 is 0 Å². The second-order valence-corrected chi connectivity index (χ2v) is 3.34. The zero-order chi connectivity index (χ0) is 10.4. The van der Waals surface area contributed by atoms with Crippen molar-refractivity contribution >= 4 is 12.4 Å². The zero-order valence-electron chi connectivity index (χ0n) is 9.39. The molecule has 0 aromatic rings. The first kappa shape index (κ1) is 12.1. The monoisotopic (exact) mass is 180 g/mol. The van der Waals surface area contributed by atoms with Crippen LogP contribution in [0.4, 0.5) is 0 Å². The maximum atomic E-state index is 4.20. The van der Waals surface area contributed by atoms with Crippen LogP contribution in [-0.2, 0) is 0 Å². The highest BCUT2D eigenvalue weighted by Crippen LogP contribution is 2.19. The Balaban J connectivity index is 5.21. The van der Waals surface area contributed by atoms with Gasteiger partial charge in [0.15, 0.2) is 0 Å². The molecule has 0 rings (SSSR count). The lowest BCUT2D eigenvalue weighted by molar-refractivity contribution is 0.778. The molecule has 74 valence electrons. The molecular weight excluding hydrogens is 160 g/mol. The van der Waals surface area contributed by atoms with Crippen molar-refractivity contribution in [2.75, 3.05) is 7.05 Å². The van der Waals surface area contributed by atoms with Crippen LogP contribution >= 0.6 is 0 Å². The van der Waals surface area contributed by atoms with E-state index in [1.807, 2.05) is 14.0 Å². The summed E-state index contributed by atoms with van der Waals surface area (Å²) in [5.74, 6) is 0.462. The molecule has 0 spiro atoms. The summed E-state index contributed by atoms with van der Waals surface area (Å²) in [7, 11) is 1.81. The summed E-state index contributed by atoms with van der Waals surface area (Å²) in [5, 5.41) is 0. The van der Waals surface area contributed by atoms with Crippen molar-refractivity contribution in [2.24, 2.45) is 15.9 Å². The summed E-state index contributed by atoms with van der Waals surface area (Å²) in [6.07, 6.45) is 0.921. The second-order valence-electron chi connectivity index (χ2n) is 3.34. The molecule has 0 aliphatic rings. The highest BCUT2D eigenvalue weighted by atomic mass is 14.7. The third kappa shape index (κ3) is 3.13. The number of aliphatic imine (C=N–C) groups is 2. The van der Waals surface area contributed by atoms with Gasteiger partial charge in [0.1, 0.15) is 0 Å². The molecule has 0 bridgehead atoms. The second kappa shape index (κ2) is 5.68. The molecule has 0 aliphatic heterocycles. The Kier molecular flexibility index (Phi) is 5.28. The van der Waals surface area contributed by atoms with Crippen LogP contribution in [0.5, 0.6) is 0 Å². The van der Waals surface area contributed by atoms with E-state index in [1.165, 1.54) is 5.57 Å². The minimum atomic E-state index is 0.462. The molecule has 0 saturated carbocycles. The van der Waals surface area contributed by atoms with Crippen LogP contribution in [0.3, 0.4) is 0 Å². The Morgan fingerprint density at radius 2 is 1.92 bits per heavy atom. The van der Waals surface area contributed by atoms with E-state index >= 15 is 0 Å². The molecule has 0 amide bonds. The van der Waals surface area contributed by atoms with E-state index in [0.29, 0.717) is 5.92 Å². The summed E-state index contributed by atoms with van der Waals surface area (Å²) in [5.41, 5.74) is 3.37. The van der Waals surface area contributed by atoms with Crippen LogP contribution in [0.2, 0.25) is 0 Å². The minimum Gasteiger partial charge on any atom is -0.293 e. The molecule has 0 saturated heterocycles. The van der Waals surface area contributed by atoms with Gasteiger partial charge in [0.05, 0.1) is 0 Å². The van der Waals surface area contributed by atoms with Gasteiger partial charge in [-0.2, -0.15) is 0 Å². The fourth-order valence-corrected chi connectivity index (χ4v) is 1.47. The first-order valence-electron chi connectivity index (χ1n) is 4.71. The molecule has 13 heavy (non-hydrogen) atoms. The molecule has 0 radical (unpaired) electrons. The number of hydrogen-bond acceptors (Lipinski definition) is 2. The summed E-state index contributed by atoms with van der Waals surface area (Å²) in [6, 6.07) is 0. The van der Waals surface area contributed by atoms with Gasteiger partial charge in [0.25, 0.3) is 0 Å². The summed E-state index contributed by atoms with van der Waals surface area (Å²) in [6.45, 7) is 12.0. The molecule has 0 heterocycles. The van der Waals surface area contributed by atoms with Gasteiger partial charge in [-0.15, -0.1) is 0 Å². The molecule has 2 heteroatoms. The van der Waals surface area contributed by atoms with Gasteiger partial charge in [-0.25, -0.2) is 0 Å². The summed E-state index contributed by atoms with van der Waals surface area (Å²) < 4.78 is 0. The highest BCUT2D eigenvalue weighted by Gasteiger charge is 2.11. The van der Waals surface area contributed by atoms with E-state index in [0.717, 1.165) is 17.8 Å². The van der Waals surface area contributed by atoms with Crippen LogP contribution in [0, 0.1) is 5.92 Å². The fraction of sp³-hybridized carbons (Fsp3) is 0.636. The number of rotatable bonds is 4. The largest absolute Gasteiger partial charge is 0.293 e. The molecular formula is C11H20N2. The van der Waals surface area contributed by atoms with Gasteiger partial charge in [-0.3, -0.25) is 9.98 Å². The van der Waals surface area contributed by atoms with Gasteiger partial charge in [-0.05, 0) is 31.6 Å². The first-order chi connectivity index (χ1) is 6.08. The normalized spacial score (nSPS) is 14.5. The number of nitrogens with zero attached hydrogens (tertiary/aromatic N) is 2. The Morgan fingerprint density at radius 1 is 1.38 bits per heavy atom. The van der Waals surface area contributed by atoms with Gasteiger partial charge in [-0.1, -0.05) is 20.8 Å². The first-order valence-corrected chi connectivity index (χ1v) is 4.71. The van der Waals surface area contributed by atoms with E-state index in [4.69, 9.17) is 0 Å². The van der Waals surface area contributed by atoms with Crippen LogP contribution in [0.15, 0.2) is 21.3 Å². The molecule has 0 fully saturated rings. The molecule has 0 atom stereocenters. The average molecular weight is 180 g/mol. The van der Waals surface area contributed by atoms with E-state index in [9.17, 15) is 0 Å². The smallest absolute Gasteiger partial charge is 0.0446 e. The quantitative estimate of drug-likeness (QED) is 0.594. The van der Waals surface area contributed by atoms with Crippen molar-refractivity contribution < 1.29 is 0 Å². The molecule has 0 aliphatic carbocycles. The van der Waals surface area contributed by atoms with Crippen molar-refractivity contribution in [3.63, 3.8) is 0 Å². The van der Waals surface area contributed by atoms with E-state index in [1.54, 1.807) is 0 Å². The zero-order valence-corrected chi connectivity index (χ0v) is 9.39. The predicted octanol–water partition coefficient (Wildman–Crippen LogP) is 3.10. The molecule has 0 aromatic carbocycles. The van der Waals surface area contributed by atoms with E-state index in [-0.39, 0.29) is 0 Å². The topological polar surface area (TPSA) is 24.7 Å². The Labute approximate surface area is 81.5 Å². The number of allylic oxidation sites excluding steroid dienone is 2. The standard InChI is InChI=1S/C11H20N2/c1-7-10(13-6)11(8(2)3)9(4)12-5/h8H,6-7H2,1-5H3/b11-10-,12-9-. The third-order valence-electron chi connectivity index (χ3n) is 2.14. The third-order valence-corrected chi connectivity index (χ3v) is 2.14. The van der Waals surface area contributed by atoms with E-state index in [2.05, 4.69) is 37.5 Å². The van der Waals surface area contributed by atoms with E-state index < -0.39 is 0 Å². The molecule has 2 nitrogen and oxygen atoms in total. The maximum absolute atomic E-state index is 4.20. The SMILES string of the molecule is C=N/C(CC)=C(\C(C)=N/C)C(C)C. The minimum absolute atomic E-state index is 0.462. The predicted molar refractivity (Wildman–Crippen MR) is 60.7 cm³/mol. The maximum Gasteiger partial charge on any atom is 0.0446 e. The highest BCUT2D eigenvalue weighted by molar-refractivity contribution is 5.99. The van der Waals surface area contributed by atoms with Crippen LogP contribution in [0.1, 0.15) is 34.1 Å². The summed E-state index contributed by atoms with van der Waals surface area (Å²) in [4.78, 5) is 8.24. The molecule has 0 unspecified atom stereocenters. The lowest BCUT2D eigenvalue weighted by Crippen LogP contribution is -2.07. The van der Waals surface area contributed by atoms with Crippen molar-refractivity contribution in [1.82, 2.24) is 0 Å². The Hall–Kier alpha value is -0.920. The lowest BCUT2D eigenvalue weighted by Gasteiger charge is -2.14. The van der Waals surface area contributed by atoms with Gasteiger partial charge >= 0.3 is 0 Å². The fourth-order valence-electron chi connectivity index (χ4n) is 1.47. The Bertz CT molecular complexity index is 234. The van der Waals surface area contributed by atoms with Gasteiger partial charge in [0, 0.05) is 18.5 Å². The van der Waals surface area contributed by atoms with Crippen molar-refractivity contribution in [3.8, 4) is 0 Å². The summed E-state index contributed by atoms with van der Waals surface area (Å²) >= 11 is 0. The average Bonchev–Trinajstić information content (AvgIpc) is 2.12. The van der Waals surface area contributed by atoms with Gasteiger partial charge in [0.2, 0.25) is 0 Å². The number of hydrogen-bond donors (Lipinski definition) is 0. The molecule has 0 aromatic heterocycles. The van der Waals surface area contributed by atoms with Crippen LogP contribution < -0.4 is 0 Å². The van der Waals surface area contributed by atoms with Crippen LogP contribution in [0.25, 0.3) is 0 Å². The van der Waals surface area contributed by atoms with Crippen LogP contribution in [-0.4, -0.2) is 19.5 Å². The Morgan fingerprint density at radius 3 is 2.15 bits per heavy atom. The van der Waals surface area contributed by atoms with Crippen molar-refractivity contribution in [3.05, 3.63) is 11.3 Å². The van der Waals surface area contributed by atoms with Crippen molar-refractivity contribution in [2.45, 2.75) is 34.1 Å². The van der Waals surface area contributed by atoms with Crippen molar-refractivity contribution in [1.29, 1.82) is 0 Å².